The largest absolute Gasteiger partial charge is 0.0628 e. The van der Waals surface area contributed by atoms with Crippen LogP contribution in [0, 0.1) is 35.5 Å². The molecular weight excluding hydrogens is 240 g/mol. The Hall–Kier alpha value is 0. The van der Waals surface area contributed by atoms with Crippen molar-refractivity contribution in [3.05, 3.63) is 0 Å². The highest BCUT2D eigenvalue weighted by molar-refractivity contribution is 4.88. The molecule has 118 valence electrons. The van der Waals surface area contributed by atoms with E-state index in [2.05, 4.69) is 27.7 Å². The molecule has 20 heavy (non-hydrogen) atoms. The van der Waals surface area contributed by atoms with Gasteiger partial charge in [0.2, 0.25) is 0 Å². The Kier molecular flexibility index (Phi) is 6.43. The molecule has 0 aromatic rings. The van der Waals surface area contributed by atoms with Gasteiger partial charge in [-0.2, -0.15) is 0 Å². The Balaban J connectivity index is 2.05. The highest BCUT2D eigenvalue weighted by Crippen LogP contribution is 2.48. The first-order chi connectivity index (χ1) is 9.58. The van der Waals surface area contributed by atoms with Crippen LogP contribution in [0.5, 0.6) is 0 Å². The van der Waals surface area contributed by atoms with Gasteiger partial charge in [0.25, 0.3) is 0 Å². The summed E-state index contributed by atoms with van der Waals surface area (Å²) in [4.78, 5) is 0. The highest BCUT2D eigenvalue weighted by Gasteiger charge is 2.37. The lowest BCUT2D eigenvalue weighted by molar-refractivity contribution is 0.0547. The van der Waals surface area contributed by atoms with Gasteiger partial charge in [-0.05, 0) is 54.8 Å². The molecular formula is C20H38. The fourth-order valence-electron chi connectivity index (χ4n) is 5.35. The summed E-state index contributed by atoms with van der Waals surface area (Å²) in [5.41, 5.74) is 0. The summed E-state index contributed by atoms with van der Waals surface area (Å²) < 4.78 is 0. The van der Waals surface area contributed by atoms with Gasteiger partial charge in [0.15, 0.2) is 0 Å². The average Bonchev–Trinajstić information content (AvgIpc) is 2.40. The van der Waals surface area contributed by atoms with E-state index in [0.717, 1.165) is 35.5 Å². The molecule has 3 unspecified atom stereocenters. The first-order valence-electron chi connectivity index (χ1n) is 9.58. The quantitative estimate of drug-likeness (QED) is 0.525. The summed E-state index contributed by atoms with van der Waals surface area (Å²) in [7, 11) is 0. The van der Waals surface area contributed by atoms with E-state index in [1.165, 1.54) is 44.9 Å². The normalized spacial score (nSPS) is 33.0. The molecule has 0 radical (unpaired) electrons. The second-order valence-corrected chi connectivity index (χ2v) is 8.68. The molecule has 0 nitrogen and oxygen atoms in total. The van der Waals surface area contributed by atoms with Crippen LogP contribution in [0.1, 0.15) is 91.9 Å². The minimum Gasteiger partial charge on any atom is -0.0628 e. The number of hydrogen-bond donors (Lipinski definition) is 0. The predicted molar refractivity (Wildman–Crippen MR) is 89.8 cm³/mol. The van der Waals surface area contributed by atoms with E-state index in [9.17, 15) is 0 Å². The second-order valence-electron chi connectivity index (χ2n) is 8.68. The van der Waals surface area contributed by atoms with E-state index >= 15 is 0 Å². The average molecular weight is 279 g/mol. The van der Waals surface area contributed by atoms with Crippen LogP contribution >= 0.6 is 0 Å². The van der Waals surface area contributed by atoms with Gasteiger partial charge in [0.1, 0.15) is 0 Å². The standard InChI is InChI=1S/C20H38/c1-15(2)13-18-11-8-12-19(20(18)14-16(3)4)17-9-6-5-7-10-17/h15-20H,5-14H2,1-4H3. The van der Waals surface area contributed by atoms with Gasteiger partial charge in [-0.25, -0.2) is 0 Å². The molecule has 0 aliphatic heterocycles. The van der Waals surface area contributed by atoms with E-state index in [-0.39, 0.29) is 0 Å². The topological polar surface area (TPSA) is 0 Å². The molecule has 3 atom stereocenters. The van der Waals surface area contributed by atoms with Gasteiger partial charge in [-0.1, -0.05) is 72.6 Å². The molecule has 0 heteroatoms. The molecule has 2 fully saturated rings. The molecule has 0 saturated heterocycles. The zero-order valence-electron chi connectivity index (χ0n) is 14.5. The Morgan fingerprint density at radius 1 is 0.700 bits per heavy atom. The van der Waals surface area contributed by atoms with E-state index in [0.29, 0.717) is 0 Å². The van der Waals surface area contributed by atoms with E-state index in [4.69, 9.17) is 0 Å². The van der Waals surface area contributed by atoms with Crippen LogP contribution in [-0.4, -0.2) is 0 Å². The van der Waals surface area contributed by atoms with E-state index in [1.807, 2.05) is 0 Å². The van der Waals surface area contributed by atoms with E-state index < -0.39 is 0 Å². The monoisotopic (exact) mass is 278 g/mol. The van der Waals surface area contributed by atoms with Gasteiger partial charge in [0.05, 0.1) is 0 Å². The summed E-state index contributed by atoms with van der Waals surface area (Å²) in [6.45, 7) is 9.74. The van der Waals surface area contributed by atoms with Crippen LogP contribution in [-0.2, 0) is 0 Å². The molecule has 0 heterocycles. The third-order valence-electron chi connectivity index (χ3n) is 6.04. The summed E-state index contributed by atoms with van der Waals surface area (Å²) in [5.74, 6) is 6.03. The molecule has 0 N–H and O–H groups in total. The lowest BCUT2D eigenvalue weighted by Gasteiger charge is -2.45. The SMILES string of the molecule is CC(C)CC1CCCC(C2CCCCC2)C1CC(C)C. The van der Waals surface area contributed by atoms with Crippen molar-refractivity contribution >= 4 is 0 Å². The third-order valence-corrected chi connectivity index (χ3v) is 6.04. The maximum absolute atomic E-state index is 2.44. The predicted octanol–water partition coefficient (Wildman–Crippen LogP) is 6.69. The fourth-order valence-corrected chi connectivity index (χ4v) is 5.35. The van der Waals surface area contributed by atoms with Crippen molar-refractivity contribution in [3.8, 4) is 0 Å². The summed E-state index contributed by atoms with van der Waals surface area (Å²) in [5, 5.41) is 0. The van der Waals surface area contributed by atoms with E-state index in [1.54, 1.807) is 19.3 Å². The Labute approximate surface area is 128 Å². The van der Waals surface area contributed by atoms with Crippen LogP contribution in [0.4, 0.5) is 0 Å². The summed E-state index contributed by atoms with van der Waals surface area (Å²) >= 11 is 0. The third kappa shape index (κ3) is 4.50. The Morgan fingerprint density at radius 3 is 1.95 bits per heavy atom. The minimum atomic E-state index is 0.888. The molecule has 2 aliphatic rings. The number of hydrogen-bond acceptors (Lipinski definition) is 0. The van der Waals surface area contributed by atoms with Crippen molar-refractivity contribution in [2.75, 3.05) is 0 Å². The van der Waals surface area contributed by atoms with Crippen molar-refractivity contribution < 1.29 is 0 Å². The molecule has 0 aromatic heterocycles. The van der Waals surface area contributed by atoms with Gasteiger partial charge < -0.3 is 0 Å². The Bertz CT molecular complexity index is 259. The molecule has 0 spiro atoms. The lowest BCUT2D eigenvalue weighted by atomic mass is 9.61. The zero-order valence-corrected chi connectivity index (χ0v) is 14.5. The van der Waals surface area contributed by atoms with Crippen LogP contribution < -0.4 is 0 Å². The smallest absolute Gasteiger partial charge is 0.0352 e. The zero-order chi connectivity index (χ0) is 14.5. The van der Waals surface area contributed by atoms with Crippen LogP contribution in [0.15, 0.2) is 0 Å². The fraction of sp³-hybridized carbons (Fsp3) is 1.00. The molecule has 0 aromatic carbocycles. The van der Waals surface area contributed by atoms with Crippen LogP contribution in [0.25, 0.3) is 0 Å². The molecule has 2 aliphatic carbocycles. The summed E-state index contributed by atoms with van der Waals surface area (Å²) in [6, 6.07) is 0. The molecule has 2 saturated carbocycles. The summed E-state index contributed by atoms with van der Waals surface area (Å²) in [6.07, 6.45) is 15.2. The van der Waals surface area contributed by atoms with Crippen molar-refractivity contribution in [2.45, 2.75) is 91.9 Å². The maximum Gasteiger partial charge on any atom is -0.0352 e. The van der Waals surface area contributed by atoms with Gasteiger partial charge >= 0.3 is 0 Å². The second kappa shape index (κ2) is 7.85. The molecule has 0 amide bonds. The van der Waals surface area contributed by atoms with Crippen molar-refractivity contribution in [3.63, 3.8) is 0 Å². The van der Waals surface area contributed by atoms with Gasteiger partial charge in [-0.3, -0.25) is 0 Å². The van der Waals surface area contributed by atoms with Crippen molar-refractivity contribution in [1.82, 2.24) is 0 Å². The first kappa shape index (κ1) is 16.4. The van der Waals surface area contributed by atoms with Crippen LogP contribution in [0.2, 0.25) is 0 Å². The maximum atomic E-state index is 2.44. The van der Waals surface area contributed by atoms with Gasteiger partial charge in [0, 0.05) is 0 Å². The lowest BCUT2D eigenvalue weighted by Crippen LogP contribution is -2.35. The number of rotatable bonds is 5. The minimum absolute atomic E-state index is 0.888. The Morgan fingerprint density at radius 2 is 1.35 bits per heavy atom. The molecule has 2 rings (SSSR count). The van der Waals surface area contributed by atoms with Crippen molar-refractivity contribution in [2.24, 2.45) is 35.5 Å². The van der Waals surface area contributed by atoms with Crippen molar-refractivity contribution in [1.29, 1.82) is 0 Å². The molecule has 0 bridgehead atoms. The van der Waals surface area contributed by atoms with Gasteiger partial charge in [-0.15, -0.1) is 0 Å². The highest BCUT2D eigenvalue weighted by atomic mass is 14.4. The van der Waals surface area contributed by atoms with Crippen LogP contribution in [0.3, 0.4) is 0 Å². The first-order valence-corrected chi connectivity index (χ1v) is 9.58.